The molecule has 0 spiro atoms. The summed E-state index contributed by atoms with van der Waals surface area (Å²) in [7, 11) is 2.02. The van der Waals surface area contributed by atoms with Gasteiger partial charge in [-0.1, -0.05) is 33.6 Å². The Morgan fingerprint density at radius 2 is 1.81 bits per heavy atom. The van der Waals surface area contributed by atoms with Crippen molar-refractivity contribution in [1.82, 2.24) is 4.98 Å². The molecule has 1 heterocycles. The van der Waals surface area contributed by atoms with E-state index in [0.717, 1.165) is 26.8 Å². The van der Waals surface area contributed by atoms with E-state index < -0.39 is 0 Å². The molecule has 0 unspecified atom stereocenters. The van der Waals surface area contributed by atoms with E-state index in [1.54, 1.807) is 6.20 Å². The van der Waals surface area contributed by atoms with Gasteiger partial charge in [0.05, 0.1) is 23.1 Å². The Kier molecular flexibility index (Phi) is 3.55. The molecule has 2 N–H and O–H groups in total. The van der Waals surface area contributed by atoms with Gasteiger partial charge in [0, 0.05) is 22.6 Å². The molecule has 0 saturated carbocycles. The summed E-state index contributed by atoms with van der Waals surface area (Å²) in [5.74, 6) is 0. The molecule has 0 radical (unpaired) electrons. The second kappa shape index (κ2) is 5.37. The van der Waals surface area contributed by atoms with Gasteiger partial charge in [0.1, 0.15) is 0 Å². The fourth-order valence-electron chi connectivity index (χ4n) is 2.44. The van der Waals surface area contributed by atoms with Crippen LogP contribution in [-0.4, -0.2) is 12.0 Å². The smallest absolute Gasteiger partial charge is 0.0753 e. The quantitative estimate of drug-likeness (QED) is 0.737. The Morgan fingerprint density at radius 3 is 2.52 bits per heavy atom. The first-order chi connectivity index (χ1) is 10.1. The first-order valence-corrected chi connectivity index (χ1v) is 7.49. The molecule has 0 bridgehead atoms. The van der Waals surface area contributed by atoms with Crippen LogP contribution in [-0.2, 0) is 0 Å². The van der Waals surface area contributed by atoms with Crippen molar-refractivity contribution in [1.29, 1.82) is 0 Å². The SMILES string of the molecule is Cc1ccc(N(C)c2c(N)cnc3ccc(Br)cc23)cc1. The molecule has 3 aromatic rings. The van der Waals surface area contributed by atoms with Crippen molar-refractivity contribution >= 4 is 43.9 Å². The molecule has 0 aliphatic rings. The number of nitrogens with zero attached hydrogens (tertiary/aromatic N) is 2. The lowest BCUT2D eigenvalue weighted by Crippen LogP contribution is -2.12. The molecule has 21 heavy (non-hydrogen) atoms. The third-order valence-electron chi connectivity index (χ3n) is 3.59. The van der Waals surface area contributed by atoms with Gasteiger partial charge in [0.2, 0.25) is 0 Å². The minimum atomic E-state index is 0.670. The Balaban J connectivity index is 2.20. The van der Waals surface area contributed by atoms with E-state index in [4.69, 9.17) is 5.73 Å². The molecule has 0 amide bonds. The fraction of sp³-hybridized carbons (Fsp3) is 0.118. The summed E-state index contributed by atoms with van der Waals surface area (Å²) >= 11 is 3.52. The van der Waals surface area contributed by atoms with Gasteiger partial charge in [-0.05, 0) is 37.3 Å². The van der Waals surface area contributed by atoms with Crippen LogP contribution in [0.25, 0.3) is 10.9 Å². The number of hydrogen-bond acceptors (Lipinski definition) is 3. The van der Waals surface area contributed by atoms with E-state index >= 15 is 0 Å². The zero-order valence-electron chi connectivity index (χ0n) is 12.0. The van der Waals surface area contributed by atoms with Crippen LogP contribution in [0.1, 0.15) is 5.56 Å². The molecule has 2 aromatic carbocycles. The second-order valence-corrected chi connectivity index (χ2v) is 6.03. The van der Waals surface area contributed by atoms with Crippen molar-refractivity contribution in [2.75, 3.05) is 17.7 Å². The van der Waals surface area contributed by atoms with Crippen molar-refractivity contribution in [2.24, 2.45) is 0 Å². The molecule has 4 heteroatoms. The lowest BCUT2D eigenvalue weighted by atomic mass is 10.1. The Morgan fingerprint density at radius 1 is 1.10 bits per heavy atom. The van der Waals surface area contributed by atoms with Crippen LogP contribution in [0.2, 0.25) is 0 Å². The largest absolute Gasteiger partial charge is 0.396 e. The third-order valence-corrected chi connectivity index (χ3v) is 4.08. The van der Waals surface area contributed by atoms with Gasteiger partial charge in [0.15, 0.2) is 0 Å². The van der Waals surface area contributed by atoms with Gasteiger partial charge in [-0.3, -0.25) is 4.98 Å². The van der Waals surface area contributed by atoms with Crippen LogP contribution in [0.15, 0.2) is 53.1 Å². The number of aryl methyl sites for hydroxylation is 1. The number of pyridine rings is 1. The van der Waals surface area contributed by atoms with Crippen LogP contribution in [0.5, 0.6) is 0 Å². The van der Waals surface area contributed by atoms with E-state index in [2.05, 4.69) is 63.1 Å². The maximum Gasteiger partial charge on any atom is 0.0753 e. The lowest BCUT2D eigenvalue weighted by Gasteiger charge is -2.23. The molecule has 1 aromatic heterocycles. The normalized spacial score (nSPS) is 10.8. The van der Waals surface area contributed by atoms with Gasteiger partial charge >= 0.3 is 0 Å². The van der Waals surface area contributed by atoms with Gasteiger partial charge in [-0.2, -0.15) is 0 Å². The zero-order valence-corrected chi connectivity index (χ0v) is 13.6. The molecule has 3 nitrogen and oxygen atoms in total. The summed E-state index contributed by atoms with van der Waals surface area (Å²) in [4.78, 5) is 6.50. The maximum absolute atomic E-state index is 6.19. The van der Waals surface area contributed by atoms with Crippen LogP contribution in [0.3, 0.4) is 0 Å². The Hall–Kier alpha value is -2.07. The third kappa shape index (κ3) is 2.59. The van der Waals surface area contributed by atoms with Crippen LogP contribution < -0.4 is 10.6 Å². The average Bonchev–Trinajstić information content (AvgIpc) is 2.47. The van der Waals surface area contributed by atoms with Crippen molar-refractivity contribution in [3.8, 4) is 0 Å². The van der Waals surface area contributed by atoms with Gasteiger partial charge in [0.25, 0.3) is 0 Å². The molecule has 0 atom stereocenters. The maximum atomic E-state index is 6.19. The molecule has 0 aliphatic heterocycles. The topological polar surface area (TPSA) is 42.1 Å². The predicted octanol–water partition coefficient (Wildman–Crippen LogP) is 4.66. The van der Waals surface area contributed by atoms with Crippen LogP contribution in [0, 0.1) is 6.92 Å². The van der Waals surface area contributed by atoms with Crippen LogP contribution >= 0.6 is 15.9 Å². The number of nitrogen functional groups attached to an aromatic ring is 1. The summed E-state index contributed by atoms with van der Waals surface area (Å²) in [5, 5.41) is 1.03. The van der Waals surface area contributed by atoms with Gasteiger partial charge < -0.3 is 10.6 Å². The van der Waals surface area contributed by atoms with Crippen LogP contribution in [0.4, 0.5) is 17.1 Å². The molecule has 106 valence electrons. The molecular formula is C17H16BrN3. The predicted molar refractivity (Wildman–Crippen MR) is 93.1 cm³/mol. The van der Waals surface area contributed by atoms with Crippen molar-refractivity contribution in [2.45, 2.75) is 6.92 Å². The van der Waals surface area contributed by atoms with Crippen molar-refractivity contribution in [3.63, 3.8) is 0 Å². The highest BCUT2D eigenvalue weighted by atomic mass is 79.9. The van der Waals surface area contributed by atoms with Gasteiger partial charge in [-0.15, -0.1) is 0 Å². The van der Waals surface area contributed by atoms with E-state index in [0.29, 0.717) is 5.69 Å². The molecule has 0 saturated heterocycles. The highest BCUT2D eigenvalue weighted by Crippen LogP contribution is 2.36. The standard InChI is InChI=1S/C17H16BrN3/c1-11-3-6-13(7-4-11)21(2)17-14-9-12(18)5-8-16(14)20-10-15(17)19/h3-10H,19H2,1-2H3. The first kappa shape index (κ1) is 13.9. The number of hydrogen-bond donors (Lipinski definition) is 1. The highest BCUT2D eigenvalue weighted by Gasteiger charge is 2.13. The number of nitrogens with two attached hydrogens (primary N) is 1. The monoisotopic (exact) mass is 341 g/mol. The summed E-state index contributed by atoms with van der Waals surface area (Å²) in [6.45, 7) is 2.08. The summed E-state index contributed by atoms with van der Waals surface area (Å²) in [6.07, 6.45) is 1.72. The number of aromatic nitrogens is 1. The molecule has 3 rings (SSSR count). The minimum absolute atomic E-state index is 0.670. The number of halogens is 1. The number of fused-ring (bicyclic) bond motifs is 1. The van der Waals surface area contributed by atoms with Crippen molar-refractivity contribution < 1.29 is 0 Å². The first-order valence-electron chi connectivity index (χ1n) is 6.70. The van der Waals surface area contributed by atoms with E-state index in [1.165, 1.54) is 5.56 Å². The fourth-order valence-corrected chi connectivity index (χ4v) is 2.80. The van der Waals surface area contributed by atoms with E-state index in [9.17, 15) is 0 Å². The van der Waals surface area contributed by atoms with Gasteiger partial charge in [-0.25, -0.2) is 0 Å². The molecular weight excluding hydrogens is 326 g/mol. The minimum Gasteiger partial charge on any atom is -0.396 e. The lowest BCUT2D eigenvalue weighted by molar-refractivity contribution is 1.21. The average molecular weight is 342 g/mol. The summed E-state index contributed by atoms with van der Waals surface area (Å²) in [6, 6.07) is 14.4. The van der Waals surface area contributed by atoms with Crippen molar-refractivity contribution in [3.05, 3.63) is 58.7 Å². The summed E-state index contributed by atoms with van der Waals surface area (Å²) in [5.41, 5.74) is 11.1. The zero-order chi connectivity index (χ0) is 15.0. The highest BCUT2D eigenvalue weighted by molar-refractivity contribution is 9.10. The Bertz CT molecular complexity index is 792. The number of rotatable bonds is 2. The van der Waals surface area contributed by atoms with E-state index in [1.807, 2.05) is 19.2 Å². The number of benzene rings is 2. The molecule has 0 aliphatic carbocycles. The molecule has 0 fully saturated rings. The number of anilines is 3. The van der Waals surface area contributed by atoms with E-state index in [-0.39, 0.29) is 0 Å². The summed E-state index contributed by atoms with van der Waals surface area (Å²) < 4.78 is 1.01. The second-order valence-electron chi connectivity index (χ2n) is 5.12. The Labute approximate surface area is 132 Å².